The van der Waals surface area contributed by atoms with Crippen LogP contribution in [0.15, 0.2) is 53.5 Å². The van der Waals surface area contributed by atoms with E-state index in [0.29, 0.717) is 16.7 Å². The summed E-state index contributed by atoms with van der Waals surface area (Å²) in [5, 5.41) is 6.17. The van der Waals surface area contributed by atoms with Crippen molar-refractivity contribution in [2.75, 3.05) is 16.8 Å². The van der Waals surface area contributed by atoms with Crippen molar-refractivity contribution >= 4 is 40.7 Å². The van der Waals surface area contributed by atoms with Gasteiger partial charge in [0.15, 0.2) is 0 Å². The molecule has 2 N–H and O–H groups in total. The lowest BCUT2D eigenvalue weighted by atomic mass is 10.1. The molecule has 0 aromatic heterocycles. The van der Waals surface area contributed by atoms with Crippen LogP contribution < -0.4 is 15.5 Å². The number of rotatable bonds is 2. The molecule has 2 heterocycles. The van der Waals surface area contributed by atoms with Gasteiger partial charge in [0.25, 0.3) is 0 Å². The van der Waals surface area contributed by atoms with E-state index in [-0.39, 0.29) is 18.2 Å². The largest absolute Gasteiger partial charge is 0.324 e. The highest BCUT2D eigenvalue weighted by Gasteiger charge is 2.32. The van der Waals surface area contributed by atoms with Crippen molar-refractivity contribution in [2.24, 2.45) is 4.99 Å². The molecule has 26 heavy (non-hydrogen) atoms. The molecule has 2 aliphatic heterocycles. The number of nitrogens with one attached hydrogen (secondary N) is 2. The quantitative estimate of drug-likeness (QED) is 0.855. The maximum Gasteiger partial charge on any atom is 0.249 e. The predicted molar refractivity (Wildman–Crippen MR) is 102 cm³/mol. The maximum absolute atomic E-state index is 12.6. The Morgan fingerprint density at radius 1 is 1.19 bits per heavy atom. The lowest BCUT2D eigenvalue weighted by molar-refractivity contribution is -0.124. The first-order chi connectivity index (χ1) is 12.6. The van der Waals surface area contributed by atoms with Crippen molar-refractivity contribution in [1.29, 1.82) is 0 Å². The molecule has 4 rings (SSSR count). The topological polar surface area (TPSA) is 73.8 Å². The molecule has 1 unspecified atom stereocenters. The highest BCUT2D eigenvalue weighted by molar-refractivity contribution is 6.30. The van der Waals surface area contributed by atoms with Crippen molar-refractivity contribution in [3.05, 3.63) is 59.1 Å². The maximum atomic E-state index is 12.6. The van der Waals surface area contributed by atoms with E-state index in [1.165, 1.54) is 5.56 Å². The highest BCUT2D eigenvalue weighted by atomic mass is 35.5. The molecule has 0 radical (unpaired) electrons. The standard InChI is InChI=1S/C19H17ClN4O2/c20-13-5-7-14(8-6-13)21-18(26)15-11-17(25)23-19(22-15)24-10-9-12-3-1-2-4-16(12)24/h1-8,15H,9-11H2,(H,21,26)(H,22,23,25). The van der Waals surface area contributed by atoms with Gasteiger partial charge >= 0.3 is 0 Å². The molecule has 2 aromatic rings. The van der Waals surface area contributed by atoms with E-state index in [0.717, 1.165) is 18.7 Å². The zero-order chi connectivity index (χ0) is 18.1. The Hall–Kier alpha value is -2.86. The predicted octanol–water partition coefficient (Wildman–Crippen LogP) is 2.59. The highest BCUT2D eigenvalue weighted by Crippen LogP contribution is 2.28. The number of guanidine groups is 1. The molecule has 1 atom stereocenters. The van der Waals surface area contributed by atoms with Gasteiger partial charge in [-0.2, -0.15) is 0 Å². The first-order valence-electron chi connectivity index (χ1n) is 8.40. The Morgan fingerprint density at radius 3 is 2.77 bits per heavy atom. The third-order valence-electron chi connectivity index (χ3n) is 4.47. The number of hydrogen-bond donors (Lipinski definition) is 2. The summed E-state index contributed by atoms with van der Waals surface area (Å²) in [4.78, 5) is 31.1. The minimum absolute atomic E-state index is 0.0262. The number of fused-ring (bicyclic) bond motifs is 1. The number of carbonyl (C=O) groups excluding carboxylic acids is 2. The van der Waals surface area contributed by atoms with Crippen LogP contribution >= 0.6 is 11.6 Å². The van der Waals surface area contributed by atoms with Gasteiger partial charge in [-0.25, -0.2) is 4.99 Å². The molecule has 0 saturated heterocycles. The third kappa shape index (κ3) is 3.28. The van der Waals surface area contributed by atoms with Crippen molar-refractivity contribution in [1.82, 2.24) is 5.32 Å². The van der Waals surface area contributed by atoms with Crippen LogP contribution in [-0.2, 0) is 16.0 Å². The second-order valence-corrected chi connectivity index (χ2v) is 6.68. The van der Waals surface area contributed by atoms with Crippen molar-refractivity contribution in [2.45, 2.75) is 18.9 Å². The molecule has 0 aliphatic carbocycles. The van der Waals surface area contributed by atoms with Gasteiger partial charge in [0.05, 0.1) is 6.42 Å². The molecule has 2 aromatic carbocycles. The lowest BCUT2D eigenvalue weighted by Crippen LogP contribution is -2.50. The number of halogens is 1. The fourth-order valence-electron chi connectivity index (χ4n) is 3.18. The normalized spacial score (nSPS) is 18.8. The van der Waals surface area contributed by atoms with Gasteiger partial charge in [0, 0.05) is 22.9 Å². The molecule has 2 amide bonds. The van der Waals surface area contributed by atoms with Crippen LogP contribution in [0.2, 0.25) is 5.02 Å². The van der Waals surface area contributed by atoms with Gasteiger partial charge in [-0.1, -0.05) is 29.8 Å². The number of nitrogens with zero attached hydrogens (tertiary/aromatic N) is 2. The summed E-state index contributed by atoms with van der Waals surface area (Å²) in [6.07, 6.45) is 0.908. The first kappa shape index (κ1) is 16.6. The molecule has 7 heteroatoms. The molecule has 2 aliphatic rings. The van der Waals surface area contributed by atoms with Gasteiger partial charge in [0.1, 0.15) is 6.04 Å². The summed E-state index contributed by atoms with van der Waals surface area (Å²) in [5.74, 6) is -0.0924. The van der Waals surface area contributed by atoms with E-state index >= 15 is 0 Å². The van der Waals surface area contributed by atoms with E-state index < -0.39 is 6.04 Å². The summed E-state index contributed by atoms with van der Waals surface area (Å²) < 4.78 is 0. The van der Waals surface area contributed by atoms with E-state index in [4.69, 9.17) is 11.6 Å². The number of anilines is 2. The van der Waals surface area contributed by atoms with E-state index in [1.54, 1.807) is 24.3 Å². The number of hydrogen-bond acceptors (Lipinski definition) is 4. The number of carbonyl (C=O) groups is 2. The first-order valence-corrected chi connectivity index (χ1v) is 8.77. The van der Waals surface area contributed by atoms with Gasteiger partial charge < -0.3 is 10.2 Å². The van der Waals surface area contributed by atoms with E-state index in [9.17, 15) is 9.59 Å². The van der Waals surface area contributed by atoms with Crippen LogP contribution in [0, 0.1) is 0 Å². The second-order valence-electron chi connectivity index (χ2n) is 6.25. The second kappa shape index (κ2) is 6.80. The molecule has 0 saturated carbocycles. The summed E-state index contributed by atoms with van der Waals surface area (Å²) in [6.45, 7) is 0.726. The monoisotopic (exact) mass is 368 g/mol. The molecule has 6 nitrogen and oxygen atoms in total. The van der Waals surface area contributed by atoms with Crippen molar-refractivity contribution < 1.29 is 9.59 Å². The van der Waals surface area contributed by atoms with Gasteiger partial charge in [-0.3, -0.25) is 14.9 Å². The van der Waals surface area contributed by atoms with Gasteiger partial charge in [-0.15, -0.1) is 0 Å². The van der Waals surface area contributed by atoms with Crippen LogP contribution in [0.1, 0.15) is 12.0 Å². The Labute approximate surface area is 155 Å². The average Bonchev–Trinajstić information content (AvgIpc) is 3.07. The smallest absolute Gasteiger partial charge is 0.249 e. The SMILES string of the molecule is O=C1CC(C(=O)Nc2ccc(Cl)cc2)N=C(N2CCc3ccccc32)N1. The van der Waals surface area contributed by atoms with E-state index in [2.05, 4.69) is 21.7 Å². The van der Waals surface area contributed by atoms with Crippen LogP contribution in [0.5, 0.6) is 0 Å². The van der Waals surface area contributed by atoms with Crippen LogP contribution in [0.25, 0.3) is 0 Å². The van der Waals surface area contributed by atoms with Crippen LogP contribution in [0.4, 0.5) is 11.4 Å². The van der Waals surface area contributed by atoms with Crippen molar-refractivity contribution in [3.63, 3.8) is 0 Å². The number of amides is 2. The Kier molecular flexibility index (Phi) is 4.34. The Bertz CT molecular complexity index is 895. The molecular weight excluding hydrogens is 352 g/mol. The van der Waals surface area contributed by atoms with Crippen molar-refractivity contribution in [3.8, 4) is 0 Å². The third-order valence-corrected chi connectivity index (χ3v) is 4.72. The summed E-state index contributed by atoms with van der Waals surface area (Å²) in [6, 6.07) is 14.1. The number of benzene rings is 2. The van der Waals surface area contributed by atoms with Gasteiger partial charge in [0.2, 0.25) is 17.8 Å². The lowest BCUT2D eigenvalue weighted by Gasteiger charge is -2.27. The average molecular weight is 369 g/mol. The van der Waals surface area contributed by atoms with E-state index in [1.807, 2.05) is 23.1 Å². The molecule has 0 spiro atoms. The zero-order valence-corrected chi connectivity index (χ0v) is 14.7. The van der Waals surface area contributed by atoms with Gasteiger partial charge in [-0.05, 0) is 42.3 Å². The summed E-state index contributed by atoms with van der Waals surface area (Å²) in [5.41, 5.74) is 2.84. The van der Waals surface area contributed by atoms with Crippen LogP contribution in [0.3, 0.4) is 0 Å². The molecule has 132 valence electrons. The van der Waals surface area contributed by atoms with Crippen LogP contribution in [-0.4, -0.2) is 30.4 Å². The molecule has 0 bridgehead atoms. The minimum Gasteiger partial charge on any atom is -0.324 e. The fraction of sp³-hybridized carbons (Fsp3) is 0.211. The summed E-state index contributed by atoms with van der Waals surface area (Å²) >= 11 is 5.86. The Balaban J connectivity index is 1.55. The molecular formula is C19H17ClN4O2. The summed E-state index contributed by atoms with van der Waals surface area (Å²) in [7, 11) is 0. The zero-order valence-electron chi connectivity index (χ0n) is 13.9. The number of aliphatic imine (C=N–C) groups is 1. The Morgan fingerprint density at radius 2 is 1.96 bits per heavy atom. The minimum atomic E-state index is -0.762. The number of para-hydroxylation sites is 1. The fourth-order valence-corrected chi connectivity index (χ4v) is 3.31. The molecule has 0 fully saturated rings.